The molecule has 0 spiro atoms. The molecule has 4 rings (SSSR count). The molecule has 6 heteroatoms. The first-order valence-electron chi connectivity index (χ1n) is 8.33. The van der Waals surface area contributed by atoms with Crippen LogP contribution in [0.1, 0.15) is 15.9 Å². The Kier molecular flexibility index (Phi) is 4.16. The number of imidazole rings is 1. The van der Waals surface area contributed by atoms with Crippen molar-refractivity contribution in [1.82, 2.24) is 9.38 Å². The molecule has 0 bridgehead atoms. The first kappa shape index (κ1) is 16.9. The maximum atomic E-state index is 14.4. The SMILES string of the molecule is Cc1ccc2nc(-c3ccccc3F)c(NC(=O)c3cccc(F)c3)n2c1. The molecule has 0 saturated carbocycles. The molecule has 0 unspecified atom stereocenters. The van der Waals surface area contributed by atoms with Gasteiger partial charge in [0, 0.05) is 17.3 Å². The van der Waals surface area contributed by atoms with E-state index >= 15 is 0 Å². The van der Waals surface area contributed by atoms with Gasteiger partial charge in [0.15, 0.2) is 0 Å². The smallest absolute Gasteiger partial charge is 0.256 e. The Hall–Kier alpha value is -3.54. The standard InChI is InChI=1S/C21H15F2N3O/c1-13-9-10-18-24-19(16-7-2-3-8-17(16)23)20(26(18)12-13)25-21(27)14-5-4-6-15(22)11-14/h2-12H,1H3,(H,25,27). The molecule has 0 radical (unpaired) electrons. The van der Waals surface area contributed by atoms with Crippen molar-refractivity contribution in [3.05, 3.63) is 89.6 Å². The Labute approximate surface area is 154 Å². The maximum absolute atomic E-state index is 14.4. The van der Waals surface area contributed by atoms with Crippen molar-refractivity contribution in [3.63, 3.8) is 0 Å². The summed E-state index contributed by atoms with van der Waals surface area (Å²) in [5.74, 6) is -1.13. The molecule has 2 heterocycles. The first-order valence-corrected chi connectivity index (χ1v) is 8.33. The molecule has 0 saturated heterocycles. The number of aryl methyl sites for hydroxylation is 1. The van der Waals surface area contributed by atoms with Crippen LogP contribution in [0.3, 0.4) is 0 Å². The predicted octanol–water partition coefficient (Wildman–Crippen LogP) is 4.84. The average molecular weight is 363 g/mol. The first-order chi connectivity index (χ1) is 13.0. The van der Waals surface area contributed by atoms with Gasteiger partial charge < -0.3 is 5.32 Å². The summed E-state index contributed by atoms with van der Waals surface area (Å²) in [6.45, 7) is 1.90. The Morgan fingerprint density at radius 1 is 1.04 bits per heavy atom. The maximum Gasteiger partial charge on any atom is 0.256 e. The van der Waals surface area contributed by atoms with Crippen LogP contribution in [0, 0.1) is 18.6 Å². The molecule has 2 aromatic heterocycles. The molecule has 2 aromatic carbocycles. The van der Waals surface area contributed by atoms with Crippen LogP contribution in [0.4, 0.5) is 14.6 Å². The Bertz CT molecular complexity index is 1170. The Morgan fingerprint density at radius 2 is 1.85 bits per heavy atom. The second-order valence-corrected chi connectivity index (χ2v) is 6.19. The molecular formula is C21H15F2N3O. The summed E-state index contributed by atoms with van der Waals surface area (Å²) in [5.41, 5.74) is 2.25. The lowest BCUT2D eigenvalue weighted by molar-refractivity contribution is 0.102. The zero-order valence-electron chi connectivity index (χ0n) is 14.4. The molecule has 4 nitrogen and oxygen atoms in total. The van der Waals surface area contributed by atoms with Crippen molar-refractivity contribution in [2.24, 2.45) is 0 Å². The number of fused-ring (bicyclic) bond motifs is 1. The summed E-state index contributed by atoms with van der Waals surface area (Å²) >= 11 is 0. The summed E-state index contributed by atoms with van der Waals surface area (Å²) in [7, 11) is 0. The zero-order valence-corrected chi connectivity index (χ0v) is 14.4. The van der Waals surface area contributed by atoms with E-state index in [0.29, 0.717) is 17.2 Å². The van der Waals surface area contributed by atoms with Crippen molar-refractivity contribution in [2.75, 3.05) is 5.32 Å². The number of hydrogen-bond donors (Lipinski definition) is 1. The lowest BCUT2D eigenvalue weighted by Crippen LogP contribution is -2.14. The van der Waals surface area contributed by atoms with E-state index < -0.39 is 17.5 Å². The highest BCUT2D eigenvalue weighted by atomic mass is 19.1. The van der Waals surface area contributed by atoms with E-state index in [1.807, 2.05) is 13.0 Å². The molecule has 0 aliphatic heterocycles. The molecule has 0 fully saturated rings. The fourth-order valence-corrected chi connectivity index (χ4v) is 2.92. The monoisotopic (exact) mass is 363 g/mol. The van der Waals surface area contributed by atoms with E-state index in [2.05, 4.69) is 10.3 Å². The number of halogens is 2. The highest BCUT2D eigenvalue weighted by Crippen LogP contribution is 2.31. The highest BCUT2D eigenvalue weighted by Gasteiger charge is 2.19. The largest absolute Gasteiger partial charge is 0.306 e. The van der Waals surface area contributed by atoms with Gasteiger partial charge in [-0.15, -0.1) is 0 Å². The second kappa shape index (κ2) is 6.64. The van der Waals surface area contributed by atoms with Crippen molar-refractivity contribution >= 4 is 17.4 Å². The normalized spacial score (nSPS) is 10.9. The summed E-state index contributed by atoms with van der Waals surface area (Å²) < 4.78 is 29.5. The van der Waals surface area contributed by atoms with E-state index in [-0.39, 0.29) is 11.1 Å². The lowest BCUT2D eigenvalue weighted by atomic mass is 10.1. The number of rotatable bonds is 3. The quantitative estimate of drug-likeness (QED) is 0.566. The summed E-state index contributed by atoms with van der Waals surface area (Å²) in [6.07, 6.45) is 1.80. The van der Waals surface area contributed by atoms with E-state index in [1.165, 1.54) is 24.3 Å². The molecule has 27 heavy (non-hydrogen) atoms. The molecule has 4 aromatic rings. The van der Waals surface area contributed by atoms with Gasteiger partial charge in [-0.3, -0.25) is 9.20 Å². The van der Waals surface area contributed by atoms with Crippen molar-refractivity contribution in [2.45, 2.75) is 6.92 Å². The molecular weight excluding hydrogens is 348 g/mol. The number of hydrogen-bond acceptors (Lipinski definition) is 2. The van der Waals surface area contributed by atoms with Crippen LogP contribution >= 0.6 is 0 Å². The van der Waals surface area contributed by atoms with Gasteiger partial charge in [-0.05, 0) is 48.9 Å². The van der Waals surface area contributed by atoms with Gasteiger partial charge in [0.05, 0.1) is 0 Å². The number of amides is 1. The van der Waals surface area contributed by atoms with Crippen molar-refractivity contribution < 1.29 is 13.6 Å². The number of pyridine rings is 1. The topological polar surface area (TPSA) is 46.4 Å². The van der Waals surface area contributed by atoms with Crippen LogP contribution in [-0.4, -0.2) is 15.3 Å². The fraction of sp³-hybridized carbons (Fsp3) is 0.0476. The van der Waals surface area contributed by atoms with E-state index in [1.54, 1.807) is 34.9 Å². The van der Waals surface area contributed by atoms with Gasteiger partial charge in [0.1, 0.15) is 28.8 Å². The van der Waals surface area contributed by atoms with Gasteiger partial charge in [-0.1, -0.05) is 24.3 Å². The molecule has 0 aliphatic rings. The van der Waals surface area contributed by atoms with Crippen molar-refractivity contribution in [3.8, 4) is 11.3 Å². The molecule has 0 aliphatic carbocycles. The third-order valence-electron chi connectivity index (χ3n) is 4.21. The van der Waals surface area contributed by atoms with Crippen LogP contribution in [0.5, 0.6) is 0 Å². The van der Waals surface area contributed by atoms with Gasteiger partial charge in [-0.25, -0.2) is 13.8 Å². The van der Waals surface area contributed by atoms with Gasteiger partial charge in [-0.2, -0.15) is 0 Å². The predicted molar refractivity (Wildman–Crippen MR) is 99.7 cm³/mol. The van der Waals surface area contributed by atoms with Gasteiger partial charge in [0.25, 0.3) is 5.91 Å². The minimum absolute atomic E-state index is 0.164. The van der Waals surface area contributed by atoms with Crippen LogP contribution in [0.2, 0.25) is 0 Å². The lowest BCUT2D eigenvalue weighted by Gasteiger charge is -2.09. The van der Waals surface area contributed by atoms with Crippen molar-refractivity contribution in [1.29, 1.82) is 0 Å². The minimum atomic E-state index is -0.508. The van der Waals surface area contributed by atoms with Crippen LogP contribution < -0.4 is 5.32 Å². The molecule has 1 amide bonds. The fourth-order valence-electron chi connectivity index (χ4n) is 2.92. The number of benzene rings is 2. The number of anilines is 1. The number of nitrogens with zero attached hydrogens (tertiary/aromatic N) is 2. The number of carbonyl (C=O) groups is 1. The van der Waals surface area contributed by atoms with E-state index in [9.17, 15) is 13.6 Å². The zero-order chi connectivity index (χ0) is 19.0. The second-order valence-electron chi connectivity index (χ2n) is 6.19. The van der Waals surface area contributed by atoms with E-state index in [4.69, 9.17) is 0 Å². The van der Waals surface area contributed by atoms with Gasteiger partial charge in [0.2, 0.25) is 0 Å². The third-order valence-corrected chi connectivity index (χ3v) is 4.21. The summed E-state index contributed by atoms with van der Waals surface area (Å²) in [5, 5.41) is 2.76. The Balaban J connectivity index is 1.87. The highest BCUT2D eigenvalue weighted by molar-refractivity contribution is 6.05. The summed E-state index contributed by atoms with van der Waals surface area (Å²) in [6, 6.07) is 15.3. The summed E-state index contributed by atoms with van der Waals surface area (Å²) in [4.78, 5) is 17.1. The van der Waals surface area contributed by atoms with Crippen LogP contribution in [0.15, 0.2) is 66.9 Å². The van der Waals surface area contributed by atoms with E-state index in [0.717, 1.165) is 11.6 Å². The molecule has 0 atom stereocenters. The molecule has 1 N–H and O–H groups in total. The number of carbonyl (C=O) groups excluding carboxylic acids is 1. The molecule has 134 valence electrons. The number of nitrogens with one attached hydrogen (secondary N) is 1. The number of aromatic nitrogens is 2. The Morgan fingerprint density at radius 3 is 2.63 bits per heavy atom. The van der Waals surface area contributed by atoms with Crippen LogP contribution in [0.25, 0.3) is 16.9 Å². The third kappa shape index (κ3) is 3.17. The average Bonchev–Trinajstić information content (AvgIpc) is 2.99. The van der Waals surface area contributed by atoms with Crippen LogP contribution in [-0.2, 0) is 0 Å². The van der Waals surface area contributed by atoms with Gasteiger partial charge >= 0.3 is 0 Å². The minimum Gasteiger partial charge on any atom is -0.306 e.